The molecule has 0 amide bonds. The van der Waals surface area contributed by atoms with Crippen molar-refractivity contribution in [2.24, 2.45) is 5.73 Å². The highest BCUT2D eigenvalue weighted by Crippen LogP contribution is 2.36. The predicted octanol–water partition coefficient (Wildman–Crippen LogP) is 4.57. The van der Waals surface area contributed by atoms with Crippen molar-refractivity contribution in [1.29, 1.82) is 0 Å². The van der Waals surface area contributed by atoms with Gasteiger partial charge < -0.3 is 10.5 Å². The van der Waals surface area contributed by atoms with Gasteiger partial charge in [0.2, 0.25) is 0 Å². The Bertz CT molecular complexity index is 394. The van der Waals surface area contributed by atoms with Crippen LogP contribution in [0.4, 0.5) is 0 Å². The van der Waals surface area contributed by atoms with Crippen LogP contribution in [0.1, 0.15) is 57.1 Å². The molecule has 1 aromatic carbocycles. The molecule has 2 atom stereocenters. The summed E-state index contributed by atoms with van der Waals surface area (Å²) in [5.41, 5.74) is 7.37. The van der Waals surface area contributed by atoms with Crippen LogP contribution in [-0.2, 0) is 0 Å². The third kappa shape index (κ3) is 3.48. The molecule has 3 heteroatoms. The van der Waals surface area contributed by atoms with E-state index in [0.29, 0.717) is 6.10 Å². The number of benzene rings is 1. The average molecular weight is 312 g/mol. The first-order valence-electron chi connectivity index (χ1n) is 6.92. The van der Waals surface area contributed by atoms with Crippen LogP contribution in [0.2, 0.25) is 0 Å². The molecule has 0 bridgehead atoms. The molecule has 0 fully saturated rings. The highest BCUT2D eigenvalue weighted by Gasteiger charge is 2.25. The molecule has 0 spiro atoms. The highest BCUT2D eigenvalue weighted by atomic mass is 79.9. The van der Waals surface area contributed by atoms with Gasteiger partial charge >= 0.3 is 0 Å². The molecular weight excluding hydrogens is 290 g/mol. The Balaban J connectivity index is 1.93. The minimum atomic E-state index is 0.113. The van der Waals surface area contributed by atoms with E-state index in [0.717, 1.165) is 28.6 Å². The molecule has 1 heterocycles. The second-order valence-electron chi connectivity index (χ2n) is 5.11. The van der Waals surface area contributed by atoms with Gasteiger partial charge in [-0.3, -0.25) is 0 Å². The summed E-state index contributed by atoms with van der Waals surface area (Å²) in [6.45, 7) is 2.24. The minimum Gasteiger partial charge on any atom is -0.490 e. The Morgan fingerprint density at radius 2 is 2.17 bits per heavy atom. The smallest absolute Gasteiger partial charge is 0.124 e. The van der Waals surface area contributed by atoms with Gasteiger partial charge in [-0.25, -0.2) is 0 Å². The molecular formula is C15H22BrNO. The Morgan fingerprint density at radius 1 is 1.33 bits per heavy atom. The summed E-state index contributed by atoms with van der Waals surface area (Å²) < 4.78 is 7.11. The van der Waals surface area contributed by atoms with Crippen molar-refractivity contribution in [3.8, 4) is 5.75 Å². The molecule has 2 nitrogen and oxygen atoms in total. The van der Waals surface area contributed by atoms with E-state index in [4.69, 9.17) is 10.5 Å². The number of rotatable bonds is 5. The molecule has 0 saturated heterocycles. The summed E-state index contributed by atoms with van der Waals surface area (Å²) in [5.74, 6) is 0.970. The van der Waals surface area contributed by atoms with Crippen molar-refractivity contribution in [3.05, 3.63) is 28.2 Å². The second-order valence-corrected chi connectivity index (χ2v) is 6.03. The van der Waals surface area contributed by atoms with Gasteiger partial charge in [-0.15, -0.1) is 0 Å². The van der Waals surface area contributed by atoms with Crippen molar-refractivity contribution in [3.63, 3.8) is 0 Å². The lowest BCUT2D eigenvalue weighted by molar-refractivity contribution is 0.146. The van der Waals surface area contributed by atoms with Crippen LogP contribution in [-0.4, -0.2) is 6.10 Å². The zero-order valence-corrected chi connectivity index (χ0v) is 12.6. The Morgan fingerprint density at radius 3 is 2.94 bits per heavy atom. The maximum Gasteiger partial charge on any atom is 0.124 e. The summed E-state index contributed by atoms with van der Waals surface area (Å²) in [5, 5.41) is 0. The quantitative estimate of drug-likeness (QED) is 0.808. The van der Waals surface area contributed by atoms with Crippen molar-refractivity contribution in [2.75, 3.05) is 0 Å². The van der Waals surface area contributed by atoms with Gasteiger partial charge in [0.15, 0.2) is 0 Å². The zero-order valence-electron chi connectivity index (χ0n) is 11.0. The van der Waals surface area contributed by atoms with Crippen LogP contribution in [0.15, 0.2) is 22.7 Å². The van der Waals surface area contributed by atoms with Gasteiger partial charge in [0.1, 0.15) is 11.9 Å². The number of fused-ring (bicyclic) bond motifs is 1. The van der Waals surface area contributed by atoms with E-state index in [1.165, 1.54) is 25.7 Å². The molecule has 0 radical (unpaired) electrons. The molecule has 0 saturated carbocycles. The van der Waals surface area contributed by atoms with E-state index in [-0.39, 0.29) is 6.04 Å². The van der Waals surface area contributed by atoms with Crippen LogP contribution in [0.25, 0.3) is 0 Å². The lowest BCUT2D eigenvalue weighted by Crippen LogP contribution is -2.29. The fourth-order valence-electron chi connectivity index (χ4n) is 2.53. The van der Waals surface area contributed by atoms with E-state index in [1.807, 2.05) is 12.1 Å². The molecule has 1 aliphatic rings. The second kappa shape index (κ2) is 6.58. The predicted molar refractivity (Wildman–Crippen MR) is 78.9 cm³/mol. The molecule has 0 aliphatic carbocycles. The maximum atomic E-state index is 6.24. The molecule has 2 N–H and O–H groups in total. The summed E-state index contributed by atoms with van der Waals surface area (Å²) in [6.07, 6.45) is 7.52. The number of unbranched alkanes of at least 4 members (excludes halogenated alkanes) is 3. The Labute approximate surface area is 118 Å². The zero-order chi connectivity index (χ0) is 13.0. The Kier molecular flexibility index (Phi) is 5.07. The number of halogens is 1. The topological polar surface area (TPSA) is 35.2 Å². The van der Waals surface area contributed by atoms with Gasteiger partial charge in [-0.1, -0.05) is 42.1 Å². The normalized spacial score (nSPS) is 22.4. The van der Waals surface area contributed by atoms with E-state index in [1.54, 1.807) is 0 Å². The summed E-state index contributed by atoms with van der Waals surface area (Å²) in [7, 11) is 0. The van der Waals surface area contributed by atoms with Gasteiger partial charge in [0.05, 0.1) is 0 Å². The first-order valence-corrected chi connectivity index (χ1v) is 7.71. The monoisotopic (exact) mass is 311 g/mol. The average Bonchev–Trinajstić information content (AvgIpc) is 2.36. The fourth-order valence-corrected chi connectivity index (χ4v) is 2.91. The van der Waals surface area contributed by atoms with Gasteiger partial charge in [0.25, 0.3) is 0 Å². The van der Waals surface area contributed by atoms with E-state index in [9.17, 15) is 0 Å². The fraction of sp³-hybridized carbons (Fsp3) is 0.600. The van der Waals surface area contributed by atoms with E-state index in [2.05, 4.69) is 28.9 Å². The first kappa shape index (κ1) is 13.9. The SMILES string of the molecule is CCCCCCC1CC(N)c2cc(Br)ccc2O1. The van der Waals surface area contributed by atoms with Crippen molar-refractivity contribution >= 4 is 15.9 Å². The third-order valence-corrected chi connectivity index (χ3v) is 4.05. The molecule has 2 unspecified atom stereocenters. The molecule has 0 aromatic heterocycles. The molecule has 1 aliphatic heterocycles. The summed E-state index contributed by atoms with van der Waals surface area (Å²) >= 11 is 3.48. The maximum absolute atomic E-state index is 6.24. The standard InChI is InChI=1S/C15H22BrNO/c1-2-3-4-5-6-12-10-14(17)13-9-11(16)7-8-15(13)18-12/h7-9,12,14H,2-6,10,17H2,1H3. The number of ether oxygens (including phenoxy) is 1. The van der Waals surface area contributed by atoms with Gasteiger partial charge in [-0.2, -0.15) is 0 Å². The lowest BCUT2D eigenvalue weighted by Gasteiger charge is -2.30. The number of nitrogens with two attached hydrogens (primary N) is 1. The lowest BCUT2D eigenvalue weighted by atomic mass is 9.94. The molecule has 2 rings (SSSR count). The third-order valence-electron chi connectivity index (χ3n) is 3.56. The van der Waals surface area contributed by atoms with Crippen molar-refractivity contribution in [1.82, 2.24) is 0 Å². The van der Waals surface area contributed by atoms with Gasteiger partial charge in [0, 0.05) is 22.5 Å². The number of hydrogen-bond donors (Lipinski definition) is 1. The van der Waals surface area contributed by atoms with Crippen LogP contribution in [0.3, 0.4) is 0 Å². The van der Waals surface area contributed by atoms with Crippen LogP contribution in [0, 0.1) is 0 Å². The summed E-state index contributed by atoms with van der Waals surface area (Å²) in [4.78, 5) is 0. The Hall–Kier alpha value is -0.540. The largest absolute Gasteiger partial charge is 0.490 e. The molecule has 18 heavy (non-hydrogen) atoms. The van der Waals surface area contributed by atoms with Crippen LogP contribution in [0.5, 0.6) is 5.75 Å². The molecule has 1 aromatic rings. The number of hydrogen-bond acceptors (Lipinski definition) is 2. The highest BCUT2D eigenvalue weighted by molar-refractivity contribution is 9.10. The minimum absolute atomic E-state index is 0.113. The van der Waals surface area contributed by atoms with E-state index >= 15 is 0 Å². The first-order chi connectivity index (χ1) is 8.70. The van der Waals surface area contributed by atoms with Crippen LogP contribution >= 0.6 is 15.9 Å². The van der Waals surface area contributed by atoms with E-state index < -0.39 is 0 Å². The summed E-state index contributed by atoms with van der Waals surface area (Å²) in [6, 6.07) is 6.23. The van der Waals surface area contributed by atoms with Crippen LogP contribution < -0.4 is 10.5 Å². The van der Waals surface area contributed by atoms with Crippen molar-refractivity contribution < 1.29 is 4.74 Å². The molecule has 100 valence electrons. The van der Waals surface area contributed by atoms with Gasteiger partial charge in [-0.05, 0) is 31.0 Å². The van der Waals surface area contributed by atoms with Crippen molar-refractivity contribution in [2.45, 2.75) is 57.6 Å².